The van der Waals surface area contributed by atoms with Crippen LogP contribution in [0.15, 0.2) is 17.8 Å². The van der Waals surface area contributed by atoms with E-state index in [9.17, 15) is 13.2 Å². The second kappa shape index (κ2) is 7.19. The number of nitrogens with zero attached hydrogens (tertiary/aromatic N) is 4. The van der Waals surface area contributed by atoms with E-state index in [-0.39, 0.29) is 0 Å². The molecule has 2 aromatic rings. The fourth-order valence-corrected chi connectivity index (χ4v) is 4.49. The Kier molecular flexibility index (Phi) is 4.92. The Morgan fingerprint density at radius 2 is 2.04 bits per heavy atom. The van der Waals surface area contributed by atoms with Crippen LogP contribution in [0.1, 0.15) is 30.8 Å². The van der Waals surface area contributed by atoms with Crippen molar-refractivity contribution in [3.8, 4) is 0 Å². The second-order valence-electron chi connectivity index (χ2n) is 7.08. The Balaban J connectivity index is 1.25. The summed E-state index contributed by atoms with van der Waals surface area (Å²) in [6, 6.07) is 0.473. The normalized spacial score (nSPS) is 21.8. The summed E-state index contributed by atoms with van der Waals surface area (Å²) >= 11 is 1.67. The SMILES string of the molecule is FC(F)(F)c1cn2c(n1)CCC(CNC1CCN(c3nccs3)CC1)C2. The molecule has 0 radical (unpaired) electrons. The van der Waals surface area contributed by atoms with Crippen LogP contribution in [0.2, 0.25) is 0 Å². The van der Waals surface area contributed by atoms with E-state index < -0.39 is 11.9 Å². The van der Waals surface area contributed by atoms with Crippen molar-refractivity contribution in [3.63, 3.8) is 0 Å². The molecule has 5 nitrogen and oxygen atoms in total. The summed E-state index contributed by atoms with van der Waals surface area (Å²) in [6.45, 7) is 3.46. The van der Waals surface area contributed by atoms with Gasteiger partial charge in [0, 0.05) is 49.9 Å². The monoisotopic (exact) mass is 385 g/mol. The van der Waals surface area contributed by atoms with Crippen molar-refractivity contribution in [2.45, 2.75) is 44.4 Å². The van der Waals surface area contributed by atoms with Gasteiger partial charge >= 0.3 is 6.18 Å². The molecule has 1 saturated heterocycles. The number of alkyl halides is 3. The number of fused-ring (bicyclic) bond motifs is 1. The maximum atomic E-state index is 12.8. The third kappa shape index (κ3) is 3.88. The minimum Gasteiger partial charge on any atom is -0.348 e. The molecule has 0 aromatic carbocycles. The van der Waals surface area contributed by atoms with Gasteiger partial charge in [-0.05, 0) is 31.7 Å². The third-order valence-corrected chi connectivity index (χ3v) is 6.09. The molecule has 2 aromatic heterocycles. The van der Waals surface area contributed by atoms with Crippen LogP contribution in [-0.2, 0) is 19.1 Å². The molecular weight excluding hydrogens is 363 g/mol. The summed E-state index contributed by atoms with van der Waals surface area (Å²) in [7, 11) is 0. The Bertz CT molecular complexity index is 719. The quantitative estimate of drug-likeness (QED) is 0.878. The molecule has 4 heterocycles. The maximum Gasteiger partial charge on any atom is 0.434 e. The number of aromatic nitrogens is 3. The van der Waals surface area contributed by atoms with E-state index in [0.717, 1.165) is 50.2 Å². The fraction of sp³-hybridized carbons (Fsp3) is 0.647. The van der Waals surface area contributed by atoms with Crippen molar-refractivity contribution in [1.29, 1.82) is 0 Å². The number of nitrogens with one attached hydrogen (secondary N) is 1. The molecule has 9 heteroatoms. The zero-order valence-electron chi connectivity index (χ0n) is 14.4. The number of thiazole rings is 1. The zero-order valence-corrected chi connectivity index (χ0v) is 15.2. The van der Waals surface area contributed by atoms with Crippen molar-refractivity contribution in [1.82, 2.24) is 19.9 Å². The largest absolute Gasteiger partial charge is 0.434 e. The summed E-state index contributed by atoms with van der Waals surface area (Å²) in [5, 5.41) is 6.71. The number of hydrogen-bond acceptors (Lipinski definition) is 5. The maximum absolute atomic E-state index is 12.8. The molecule has 4 rings (SSSR count). The van der Waals surface area contributed by atoms with Gasteiger partial charge in [0.15, 0.2) is 10.8 Å². The average molecular weight is 385 g/mol. The highest BCUT2D eigenvalue weighted by Crippen LogP contribution is 2.30. The molecule has 142 valence electrons. The predicted molar refractivity (Wildman–Crippen MR) is 94.4 cm³/mol. The number of hydrogen-bond donors (Lipinski definition) is 1. The number of aryl methyl sites for hydroxylation is 1. The number of imidazole rings is 1. The van der Waals surface area contributed by atoms with Gasteiger partial charge < -0.3 is 14.8 Å². The van der Waals surface area contributed by atoms with Crippen LogP contribution in [0.3, 0.4) is 0 Å². The van der Waals surface area contributed by atoms with Gasteiger partial charge in [0.25, 0.3) is 0 Å². The van der Waals surface area contributed by atoms with Crippen molar-refractivity contribution in [2.24, 2.45) is 5.92 Å². The van der Waals surface area contributed by atoms with Crippen LogP contribution in [-0.4, -0.2) is 40.2 Å². The van der Waals surface area contributed by atoms with Crippen LogP contribution in [0, 0.1) is 5.92 Å². The fourth-order valence-electron chi connectivity index (χ4n) is 3.80. The first kappa shape index (κ1) is 17.8. The topological polar surface area (TPSA) is 46.0 Å². The zero-order chi connectivity index (χ0) is 18.1. The Morgan fingerprint density at radius 1 is 1.23 bits per heavy atom. The number of rotatable bonds is 4. The van der Waals surface area contributed by atoms with Crippen molar-refractivity contribution < 1.29 is 13.2 Å². The third-order valence-electron chi connectivity index (χ3n) is 5.26. The van der Waals surface area contributed by atoms with Gasteiger partial charge in [0.2, 0.25) is 0 Å². The molecule has 1 fully saturated rings. The highest BCUT2D eigenvalue weighted by Gasteiger charge is 2.35. The highest BCUT2D eigenvalue weighted by molar-refractivity contribution is 7.13. The lowest BCUT2D eigenvalue weighted by Crippen LogP contribution is -2.44. The summed E-state index contributed by atoms with van der Waals surface area (Å²) in [4.78, 5) is 10.4. The van der Waals surface area contributed by atoms with E-state index in [2.05, 4.69) is 20.2 Å². The first-order valence-corrected chi connectivity index (χ1v) is 9.88. The first-order valence-electron chi connectivity index (χ1n) is 9.00. The van der Waals surface area contributed by atoms with Gasteiger partial charge in [-0.1, -0.05) is 0 Å². The lowest BCUT2D eigenvalue weighted by Gasteiger charge is -2.33. The molecule has 0 amide bonds. The predicted octanol–water partition coefficient (Wildman–Crippen LogP) is 3.18. The minimum atomic E-state index is -4.36. The van der Waals surface area contributed by atoms with Gasteiger partial charge in [0.1, 0.15) is 5.82 Å². The van der Waals surface area contributed by atoms with E-state index in [0.29, 0.717) is 30.7 Å². The molecule has 0 bridgehead atoms. The van der Waals surface area contributed by atoms with Crippen LogP contribution in [0.4, 0.5) is 18.3 Å². The minimum absolute atomic E-state index is 0.356. The molecule has 26 heavy (non-hydrogen) atoms. The lowest BCUT2D eigenvalue weighted by molar-refractivity contribution is -0.141. The average Bonchev–Trinajstić information content (AvgIpc) is 3.29. The molecule has 0 spiro atoms. The van der Waals surface area contributed by atoms with Gasteiger partial charge in [-0.3, -0.25) is 0 Å². The molecule has 0 aliphatic carbocycles. The molecule has 1 N–H and O–H groups in total. The van der Waals surface area contributed by atoms with E-state index >= 15 is 0 Å². The van der Waals surface area contributed by atoms with Crippen LogP contribution >= 0.6 is 11.3 Å². The Morgan fingerprint density at radius 3 is 2.73 bits per heavy atom. The number of halogens is 3. The lowest BCUT2D eigenvalue weighted by atomic mass is 9.98. The molecule has 2 aliphatic heterocycles. The van der Waals surface area contributed by atoms with Gasteiger partial charge in [-0.2, -0.15) is 13.2 Å². The van der Waals surface area contributed by atoms with Gasteiger partial charge in [-0.15, -0.1) is 11.3 Å². The standard InChI is InChI=1S/C17H22F3N5S/c18-17(19,20)14-11-25-10-12(1-2-15(25)23-14)9-22-13-3-6-24(7-4-13)16-21-5-8-26-16/h5,8,11-13,22H,1-4,6-7,9-10H2. The highest BCUT2D eigenvalue weighted by atomic mass is 32.1. The molecule has 1 unspecified atom stereocenters. The van der Waals surface area contributed by atoms with Gasteiger partial charge in [-0.25, -0.2) is 9.97 Å². The van der Waals surface area contributed by atoms with Crippen molar-refractivity contribution >= 4 is 16.5 Å². The molecule has 0 saturated carbocycles. The van der Waals surface area contributed by atoms with Crippen LogP contribution in [0.25, 0.3) is 0 Å². The number of anilines is 1. The summed E-state index contributed by atoms with van der Waals surface area (Å²) in [5.74, 6) is 0.917. The van der Waals surface area contributed by atoms with E-state index in [4.69, 9.17) is 0 Å². The Hall–Kier alpha value is -1.61. The summed E-state index contributed by atoms with van der Waals surface area (Å²) < 4.78 is 40.1. The van der Waals surface area contributed by atoms with Crippen molar-refractivity contribution in [3.05, 3.63) is 29.3 Å². The first-order chi connectivity index (χ1) is 12.5. The van der Waals surface area contributed by atoms with Gasteiger partial charge in [0.05, 0.1) is 0 Å². The molecule has 1 atom stereocenters. The molecule has 2 aliphatic rings. The van der Waals surface area contributed by atoms with E-state index in [1.54, 1.807) is 15.9 Å². The number of piperidine rings is 1. The summed E-state index contributed by atoms with van der Waals surface area (Å²) in [5.41, 5.74) is -0.768. The van der Waals surface area contributed by atoms with E-state index in [1.807, 2.05) is 11.6 Å². The second-order valence-corrected chi connectivity index (χ2v) is 7.95. The van der Waals surface area contributed by atoms with E-state index in [1.165, 1.54) is 0 Å². The summed E-state index contributed by atoms with van der Waals surface area (Å²) in [6.07, 6.45) is 2.28. The van der Waals surface area contributed by atoms with Crippen molar-refractivity contribution in [2.75, 3.05) is 24.5 Å². The van der Waals surface area contributed by atoms with Crippen LogP contribution in [0.5, 0.6) is 0 Å². The molecular formula is C17H22F3N5S. The van der Waals surface area contributed by atoms with Crippen LogP contribution < -0.4 is 10.2 Å². The smallest absolute Gasteiger partial charge is 0.348 e. The Labute approximate surface area is 154 Å².